The smallest absolute Gasteiger partial charge is 0.381 e. The number of nitrogens with one attached hydrogen (secondary N) is 1. The van der Waals surface area contributed by atoms with Crippen LogP contribution in [0.4, 0.5) is 18.9 Å². The summed E-state index contributed by atoms with van der Waals surface area (Å²) in [5, 5.41) is 2.58. The van der Waals surface area contributed by atoms with E-state index < -0.39 is 11.7 Å². The number of alkyl halides is 3. The average molecular weight is 264 g/mol. The topological polar surface area (TPSA) is 12.0 Å². The van der Waals surface area contributed by atoms with Gasteiger partial charge in [-0.15, -0.1) is 0 Å². The van der Waals surface area contributed by atoms with E-state index in [4.69, 9.17) is 11.6 Å². The van der Waals surface area contributed by atoms with E-state index in [0.717, 1.165) is 18.1 Å². The summed E-state index contributed by atoms with van der Waals surface area (Å²) in [5.41, 5.74) is 0.483. The second-order valence-corrected chi connectivity index (χ2v) is 4.06. The number of halogens is 4. The molecule has 0 saturated carbocycles. The van der Waals surface area contributed by atoms with Crippen molar-refractivity contribution in [2.45, 2.75) is 19.5 Å². The Kier molecular flexibility index (Phi) is 4.46. The number of hydrogen-bond acceptors (Lipinski definition) is 1. The van der Waals surface area contributed by atoms with Crippen LogP contribution in [0.15, 0.2) is 30.4 Å². The third-order valence-corrected chi connectivity index (χ3v) is 2.64. The summed E-state index contributed by atoms with van der Waals surface area (Å²) in [6.45, 7) is 6.16. The quantitative estimate of drug-likeness (QED) is 0.774. The molecule has 0 radical (unpaired) electrons. The van der Waals surface area contributed by atoms with Gasteiger partial charge in [-0.05, 0) is 24.6 Å². The highest BCUT2D eigenvalue weighted by molar-refractivity contribution is 6.31. The van der Waals surface area contributed by atoms with E-state index in [1.54, 1.807) is 0 Å². The molecule has 0 heterocycles. The molecular formula is C12H13ClF3N. The fraction of sp³-hybridized carbons (Fsp3) is 0.333. The van der Waals surface area contributed by atoms with Gasteiger partial charge in [-0.3, -0.25) is 0 Å². The van der Waals surface area contributed by atoms with E-state index in [0.29, 0.717) is 12.2 Å². The average Bonchev–Trinajstić information content (AvgIpc) is 2.26. The molecule has 1 nitrogen and oxygen atoms in total. The highest BCUT2D eigenvalue weighted by Gasteiger charge is 2.33. The predicted octanol–water partition coefficient (Wildman–Crippen LogP) is 4.74. The minimum Gasteiger partial charge on any atom is -0.381 e. The van der Waals surface area contributed by atoms with Crippen LogP contribution in [0, 0.1) is 0 Å². The van der Waals surface area contributed by atoms with Crippen molar-refractivity contribution in [3.05, 3.63) is 40.9 Å². The van der Waals surface area contributed by atoms with Crippen LogP contribution < -0.4 is 5.32 Å². The third kappa shape index (κ3) is 3.97. The van der Waals surface area contributed by atoms with Crippen molar-refractivity contribution in [2.24, 2.45) is 0 Å². The van der Waals surface area contributed by atoms with Gasteiger partial charge >= 0.3 is 6.18 Å². The number of rotatable bonds is 4. The second kappa shape index (κ2) is 5.45. The molecule has 94 valence electrons. The van der Waals surface area contributed by atoms with Crippen molar-refractivity contribution < 1.29 is 13.2 Å². The van der Waals surface area contributed by atoms with Crippen LogP contribution in [0.3, 0.4) is 0 Å². The van der Waals surface area contributed by atoms with E-state index in [1.807, 2.05) is 6.92 Å². The largest absolute Gasteiger partial charge is 0.417 e. The van der Waals surface area contributed by atoms with E-state index in [1.165, 1.54) is 12.1 Å². The van der Waals surface area contributed by atoms with Gasteiger partial charge in [0.25, 0.3) is 0 Å². The molecule has 17 heavy (non-hydrogen) atoms. The van der Waals surface area contributed by atoms with Crippen LogP contribution in [-0.2, 0) is 6.18 Å². The summed E-state index contributed by atoms with van der Waals surface area (Å²) >= 11 is 5.51. The van der Waals surface area contributed by atoms with E-state index in [-0.39, 0.29) is 5.02 Å². The van der Waals surface area contributed by atoms with Gasteiger partial charge < -0.3 is 5.32 Å². The monoisotopic (exact) mass is 263 g/mol. The first-order valence-corrected chi connectivity index (χ1v) is 5.49. The zero-order chi connectivity index (χ0) is 13.1. The molecule has 0 aliphatic carbocycles. The van der Waals surface area contributed by atoms with Crippen molar-refractivity contribution in [3.63, 3.8) is 0 Å². The Hall–Kier alpha value is -1.16. The minimum absolute atomic E-state index is 0.294. The van der Waals surface area contributed by atoms with Crippen molar-refractivity contribution in [1.82, 2.24) is 0 Å². The van der Waals surface area contributed by atoms with Gasteiger partial charge in [-0.25, -0.2) is 0 Å². The maximum absolute atomic E-state index is 12.6. The third-order valence-electron chi connectivity index (χ3n) is 2.31. The Labute approximate surface area is 103 Å². The summed E-state index contributed by atoms with van der Waals surface area (Å²) in [6.07, 6.45) is -3.65. The van der Waals surface area contributed by atoms with Crippen LogP contribution >= 0.6 is 11.6 Å². The lowest BCUT2D eigenvalue weighted by Gasteiger charge is -2.12. The van der Waals surface area contributed by atoms with E-state index >= 15 is 0 Å². The van der Waals surface area contributed by atoms with Crippen molar-refractivity contribution in [3.8, 4) is 0 Å². The molecule has 0 aliphatic rings. The van der Waals surface area contributed by atoms with E-state index in [2.05, 4.69) is 11.9 Å². The molecule has 5 heteroatoms. The Bertz CT molecular complexity index is 413. The highest BCUT2D eigenvalue weighted by atomic mass is 35.5. The summed E-state index contributed by atoms with van der Waals surface area (Å²) in [7, 11) is 0. The molecule has 1 aromatic rings. The molecule has 1 aromatic carbocycles. The minimum atomic E-state index is -4.43. The Balaban J connectivity index is 2.86. The van der Waals surface area contributed by atoms with Crippen LogP contribution in [-0.4, -0.2) is 6.54 Å². The summed E-state index contributed by atoms with van der Waals surface area (Å²) in [4.78, 5) is 0. The predicted molar refractivity (Wildman–Crippen MR) is 64.4 cm³/mol. The van der Waals surface area contributed by atoms with Gasteiger partial charge in [0.05, 0.1) is 10.6 Å². The van der Waals surface area contributed by atoms with Crippen LogP contribution in [0.25, 0.3) is 0 Å². The van der Waals surface area contributed by atoms with Gasteiger partial charge in [-0.1, -0.05) is 30.7 Å². The van der Waals surface area contributed by atoms with Crippen LogP contribution in [0.5, 0.6) is 0 Å². The first-order valence-electron chi connectivity index (χ1n) is 5.12. The van der Waals surface area contributed by atoms with Crippen molar-refractivity contribution in [2.75, 3.05) is 11.9 Å². The Morgan fingerprint density at radius 1 is 1.41 bits per heavy atom. The molecule has 0 amide bonds. The zero-order valence-corrected chi connectivity index (χ0v) is 10.1. The summed E-state index contributed by atoms with van der Waals surface area (Å²) in [5.74, 6) is 0. The molecule has 0 unspecified atom stereocenters. The Morgan fingerprint density at radius 3 is 2.59 bits per heavy atom. The lowest BCUT2D eigenvalue weighted by Crippen LogP contribution is -2.08. The van der Waals surface area contributed by atoms with Gasteiger partial charge in [-0.2, -0.15) is 13.2 Å². The van der Waals surface area contributed by atoms with Gasteiger partial charge in [0.2, 0.25) is 0 Å². The molecule has 1 rings (SSSR count). The summed E-state index contributed by atoms with van der Waals surface area (Å²) in [6, 6.07) is 3.76. The van der Waals surface area contributed by atoms with E-state index in [9.17, 15) is 13.2 Å². The van der Waals surface area contributed by atoms with Gasteiger partial charge in [0, 0.05) is 12.2 Å². The second-order valence-electron chi connectivity index (χ2n) is 3.65. The van der Waals surface area contributed by atoms with Gasteiger partial charge in [0.15, 0.2) is 0 Å². The number of hydrogen-bond donors (Lipinski definition) is 1. The zero-order valence-electron chi connectivity index (χ0n) is 9.37. The lowest BCUT2D eigenvalue weighted by atomic mass is 10.1. The number of benzene rings is 1. The normalized spacial score (nSPS) is 11.4. The maximum atomic E-state index is 12.6. The standard InChI is InChI=1S/C12H13ClF3N/c1-3-8(2)7-17-9-4-5-11(13)10(6-9)12(14,15)16/h4-6,17H,2-3,7H2,1H3. The molecule has 0 atom stereocenters. The van der Waals surface area contributed by atoms with Crippen LogP contribution in [0.2, 0.25) is 5.02 Å². The molecule has 0 saturated heterocycles. The van der Waals surface area contributed by atoms with Crippen molar-refractivity contribution >= 4 is 17.3 Å². The van der Waals surface area contributed by atoms with Gasteiger partial charge in [0.1, 0.15) is 0 Å². The summed E-state index contributed by atoms with van der Waals surface area (Å²) < 4.78 is 37.7. The molecule has 0 spiro atoms. The van der Waals surface area contributed by atoms with Crippen LogP contribution in [0.1, 0.15) is 18.9 Å². The Morgan fingerprint density at radius 2 is 2.06 bits per heavy atom. The molecule has 0 aromatic heterocycles. The first-order chi connectivity index (χ1) is 7.84. The lowest BCUT2D eigenvalue weighted by molar-refractivity contribution is -0.137. The fourth-order valence-corrected chi connectivity index (χ4v) is 1.43. The molecule has 1 N–H and O–H groups in total. The molecule has 0 aliphatic heterocycles. The molecular weight excluding hydrogens is 251 g/mol. The maximum Gasteiger partial charge on any atom is 0.417 e. The first kappa shape index (κ1) is 13.9. The molecule has 0 bridgehead atoms. The SMILES string of the molecule is C=C(CC)CNc1ccc(Cl)c(C(F)(F)F)c1. The fourth-order valence-electron chi connectivity index (χ4n) is 1.20. The van der Waals surface area contributed by atoms with Crippen molar-refractivity contribution in [1.29, 1.82) is 0 Å². The molecule has 0 fully saturated rings. The number of anilines is 1. The highest BCUT2D eigenvalue weighted by Crippen LogP contribution is 2.36.